The monoisotopic (exact) mass is 293 g/mol. The van der Waals surface area contributed by atoms with Gasteiger partial charge in [-0.05, 0) is 44.9 Å². The highest BCUT2D eigenvalue weighted by atomic mass is 19.1. The molecule has 0 spiro atoms. The second-order valence-electron chi connectivity index (χ2n) is 6.51. The van der Waals surface area contributed by atoms with E-state index in [1.54, 1.807) is 17.0 Å². The summed E-state index contributed by atoms with van der Waals surface area (Å²) in [5.41, 5.74) is 1.41. The zero-order valence-corrected chi connectivity index (χ0v) is 13.0. The summed E-state index contributed by atoms with van der Waals surface area (Å²) < 4.78 is 14.3. The van der Waals surface area contributed by atoms with Gasteiger partial charge in [0, 0.05) is 25.2 Å². The quantitative estimate of drug-likeness (QED) is 0.896. The molecule has 0 atom stereocenters. The fraction of sp³-hybridized carbons (Fsp3) is 0.562. The van der Waals surface area contributed by atoms with Crippen molar-refractivity contribution >= 4 is 11.6 Å². The molecule has 1 aliphatic heterocycles. The zero-order chi connectivity index (χ0) is 15.5. The maximum Gasteiger partial charge on any atom is 0.239 e. The van der Waals surface area contributed by atoms with Gasteiger partial charge in [0.15, 0.2) is 0 Å². The Bertz CT molecular complexity index is 511. The second-order valence-corrected chi connectivity index (χ2v) is 6.51. The number of benzene rings is 1. The van der Waals surface area contributed by atoms with Gasteiger partial charge in [-0.2, -0.15) is 0 Å². The van der Waals surface area contributed by atoms with E-state index in [1.165, 1.54) is 0 Å². The van der Waals surface area contributed by atoms with E-state index in [2.05, 4.69) is 31.4 Å². The largest absolute Gasteiger partial charge is 0.360 e. The Hall–Kier alpha value is -1.62. The van der Waals surface area contributed by atoms with Crippen molar-refractivity contribution in [3.63, 3.8) is 0 Å². The van der Waals surface area contributed by atoms with E-state index in [1.807, 2.05) is 6.07 Å². The molecule has 1 amide bonds. The summed E-state index contributed by atoms with van der Waals surface area (Å²) >= 11 is 0. The van der Waals surface area contributed by atoms with E-state index in [-0.39, 0.29) is 23.8 Å². The Kier molecular flexibility index (Phi) is 4.83. The number of rotatable bonds is 3. The van der Waals surface area contributed by atoms with Gasteiger partial charge in [0.05, 0.1) is 12.2 Å². The van der Waals surface area contributed by atoms with E-state index in [0.717, 1.165) is 12.0 Å². The average molecular weight is 293 g/mol. The Morgan fingerprint density at radius 1 is 1.38 bits per heavy atom. The number of amides is 1. The lowest BCUT2D eigenvalue weighted by Crippen LogP contribution is -2.35. The fourth-order valence-corrected chi connectivity index (χ4v) is 2.30. The number of halogens is 1. The first kappa shape index (κ1) is 15.8. The minimum atomic E-state index is -0.266. The summed E-state index contributed by atoms with van der Waals surface area (Å²) in [5, 5.41) is 6.14. The van der Waals surface area contributed by atoms with Crippen LogP contribution in [0.1, 0.15) is 32.8 Å². The van der Waals surface area contributed by atoms with Crippen molar-refractivity contribution in [3.8, 4) is 0 Å². The molecule has 0 radical (unpaired) electrons. The predicted molar refractivity (Wildman–Crippen MR) is 82.8 cm³/mol. The normalized spacial score (nSPS) is 16.6. The van der Waals surface area contributed by atoms with Gasteiger partial charge in [-0.1, -0.05) is 6.07 Å². The highest BCUT2D eigenvalue weighted by molar-refractivity contribution is 5.81. The molecule has 4 nitrogen and oxygen atoms in total. The molecule has 5 heteroatoms. The van der Waals surface area contributed by atoms with Gasteiger partial charge < -0.3 is 15.5 Å². The minimum absolute atomic E-state index is 0.00196. The molecule has 1 heterocycles. The fourth-order valence-electron chi connectivity index (χ4n) is 2.30. The Labute approximate surface area is 125 Å². The highest BCUT2D eigenvalue weighted by Crippen LogP contribution is 2.21. The number of hydrogen-bond acceptors (Lipinski definition) is 3. The van der Waals surface area contributed by atoms with Crippen molar-refractivity contribution < 1.29 is 9.18 Å². The maximum absolute atomic E-state index is 14.3. The van der Waals surface area contributed by atoms with Crippen LogP contribution in [0.15, 0.2) is 18.2 Å². The van der Waals surface area contributed by atoms with Crippen molar-refractivity contribution in [2.75, 3.05) is 24.5 Å². The van der Waals surface area contributed by atoms with Crippen LogP contribution in [0.4, 0.5) is 10.1 Å². The maximum atomic E-state index is 14.3. The average Bonchev–Trinajstić information content (AvgIpc) is 2.60. The van der Waals surface area contributed by atoms with Crippen LogP contribution in [0.5, 0.6) is 0 Å². The Morgan fingerprint density at radius 2 is 2.14 bits per heavy atom. The SMILES string of the molecule is CC(C)(C)NCc1ccc(N2CCCNC(=O)C2)c(F)c1. The van der Waals surface area contributed by atoms with Crippen LogP contribution in [-0.2, 0) is 11.3 Å². The molecule has 1 aliphatic rings. The zero-order valence-electron chi connectivity index (χ0n) is 13.0. The molecular formula is C16H24FN3O. The summed E-state index contributed by atoms with van der Waals surface area (Å²) in [6.07, 6.45) is 0.832. The molecule has 1 aromatic rings. The third-order valence-corrected chi connectivity index (χ3v) is 3.44. The Morgan fingerprint density at radius 3 is 2.81 bits per heavy atom. The van der Waals surface area contributed by atoms with Gasteiger partial charge in [0.25, 0.3) is 0 Å². The van der Waals surface area contributed by atoms with Gasteiger partial charge in [0.2, 0.25) is 5.91 Å². The molecule has 1 saturated heterocycles. The second kappa shape index (κ2) is 6.43. The molecule has 0 aromatic heterocycles. The lowest BCUT2D eigenvalue weighted by molar-refractivity contribution is -0.119. The van der Waals surface area contributed by atoms with Gasteiger partial charge in [-0.25, -0.2) is 4.39 Å². The third kappa shape index (κ3) is 4.70. The highest BCUT2D eigenvalue weighted by Gasteiger charge is 2.18. The molecule has 2 rings (SSSR count). The first-order chi connectivity index (χ1) is 9.85. The number of carbonyl (C=O) groups is 1. The van der Waals surface area contributed by atoms with Crippen LogP contribution in [0.2, 0.25) is 0 Å². The lowest BCUT2D eigenvalue weighted by Gasteiger charge is -2.23. The summed E-state index contributed by atoms with van der Waals surface area (Å²) in [5.74, 6) is -0.316. The number of nitrogens with zero attached hydrogens (tertiary/aromatic N) is 1. The standard InChI is InChI=1S/C16H24FN3O/c1-16(2,3)19-10-12-5-6-14(13(17)9-12)20-8-4-7-18-15(21)11-20/h5-6,9,19H,4,7-8,10-11H2,1-3H3,(H,18,21). The first-order valence-electron chi connectivity index (χ1n) is 7.40. The molecule has 0 bridgehead atoms. The van der Waals surface area contributed by atoms with Gasteiger partial charge >= 0.3 is 0 Å². The van der Waals surface area contributed by atoms with Crippen LogP contribution in [0, 0.1) is 5.82 Å². The molecule has 2 N–H and O–H groups in total. The van der Waals surface area contributed by atoms with E-state index in [9.17, 15) is 9.18 Å². The van der Waals surface area contributed by atoms with Crippen LogP contribution in [0.25, 0.3) is 0 Å². The van der Waals surface area contributed by atoms with Gasteiger partial charge in [-0.3, -0.25) is 4.79 Å². The third-order valence-electron chi connectivity index (χ3n) is 3.44. The number of anilines is 1. The van der Waals surface area contributed by atoms with Crippen LogP contribution in [-0.4, -0.2) is 31.1 Å². The Balaban J connectivity index is 2.09. The van der Waals surface area contributed by atoms with Crippen molar-refractivity contribution in [2.24, 2.45) is 0 Å². The van der Waals surface area contributed by atoms with Crippen molar-refractivity contribution in [2.45, 2.75) is 39.3 Å². The topological polar surface area (TPSA) is 44.4 Å². The van der Waals surface area contributed by atoms with Gasteiger partial charge in [-0.15, -0.1) is 0 Å². The number of carbonyl (C=O) groups excluding carboxylic acids is 1. The first-order valence-corrected chi connectivity index (χ1v) is 7.40. The predicted octanol–water partition coefficient (Wildman–Crippen LogP) is 2.04. The molecule has 0 aliphatic carbocycles. The van der Waals surface area contributed by atoms with E-state index < -0.39 is 0 Å². The number of hydrogen-bond donors (Lipinski definition) is 2. The summed E-state index contributed by atoms with van der Waals surface area (Å²) in [6.45, 7) is 8.42. The molecule has 0 saturated carbocycles. The van der Waals surface area contributed by atoms with Crippen LogP contribution < -0.4 is 15.5 Å². The summed E-state index contributed by atoms with van der Waals surface area (Å²) in [7, 11) is 0. The summed E-state index contributed by atoms with van der Waals surface area (Å²) in [4.78, 5) is 13.4. The molecule has 1 fully saturated rings. The summed E-state index contributed by atoms with van der Waals surface area (Å²) in [6, 6.07) is 5.24. The molecule has 21 heavy (non-hydrogen) atoms. The van der Waals surface area contributed by atoms with Gasteiger partial charge in [0.1, 0.15) is 5.82 Å². The van der Waals surface area contributed by atoms with Crippen molar-refractivity contribution in [3.05, 3.63) is 29.6 Å². The van der Waals surface area contributed by atoms with E-state index >= 15 is 0 Å². The molecule has 116 valence electrons. The van der Waals surface area contributed by atoms with Crippen molar-refractivity contribution in [1.29, 1.82) is 0 Å². The van der Waals surface area contributed by atoms with Crippen molar-refractivity contribution in [1.82, 2.24) is 10.6 Å². The molecule has 1 aromatic carbocycles. The smallest absolute Gasteiger partial charge is 0.239 e. The van der Waals surface area contributed by atoms with Crippen LogP contribution >= 0.6 is 0 Å². The van der Waals surface area contributed by atoms with E-state index in [4.69, 9.17) is 0 Å². The molecule has 0 unspecified atom stereocenters. The molecular weight excluding hydrogens is 269 g/mol. The lowest BCUT2D eigenvalue weighted by atomic mass is 10.1. The minimum Gasteiger partial charge on any atom is -0.360 e. The van der Waals surface area contributed by atoms with Crippen LogP contribution in [0.3, 0.4) is 0 Å². The van der Waals surface area contributed by atoms with E-state index in [0.29, 0.717) is 25.3 Å². The number of nitrogens with one attached hydrogen (secondary N) is 2.